The second-order valence-electron chi connectivity index (χ2n) is 6.76. The van der Waals surface area contributed by atoms with Gasteiger partial charge in [-0.25, -0.2) is 0 Å². The molecule has 0 amide bonds. The molecular formula is C22H31IN4O2. The van der Waals surface area contributed by atoms with Crippen LogP contribution in [0.3, 0.4) is 0 Å². The Bertz CT molecular complexity index is 778. The number of methoxy groups -OCH3 is 1. The number of nitrogens with zero attached hydrogens (tertiary/aromatic N) is 3. The van der Waals surface area contributed by atoms with Gasteiger partial charge in [0, 0.05) is 45.0 Å². The lowest BCUT2D eigenvalue weighted by Gasteiger charge is -2.37. The second-order valence-corrected chi connectivity index (χ2v) is 6.76. The number of para-hydroxylation sites is 2. The van der Waals surface area contributed by atoms with Gasteiger partial charge in [0.15, 0.2) is 17.5 Å². The number of rotatable bonds is 6. The molecule has 2 aromatic carbocycles. The molecule has 2 aromatic rings. The van der Waals surface area contributed by atoms with E-state index >= 15 is 0 Å². The highest BCUT2D eigenvalue weighted by Gasteiger charge is 2.19. The van der Waals surface area contributed by atoms with E-state index in [1.807, 2.05) is 12.1 Å². The average Bonchev–Trinajstić information content (AvgIpc) is 2.75. The molecular weight excluding hydrogens is 479 g/mol. The van der Waals surface area contributed by atoms with Crippen LogP contribution in [0.5, 0.6) is 11.5 Å². The summed E-state index contributed by atoms with van der Waals surface area (Å²) in [5, 5.41) is 13.6. The second kappa shape index (κ2) is 11.7. The molecule has 6 nitrogen and oxygen atoms in total. The average molecular weight is 510 g/mol. The fraction of sp³-hybridized carbons (Fsp3) is 0.409. The molecule has 7 heteroatoms. The van der Waals surface area contributed by atoms with Crippen molar-refractivity contribution in [2.75, 3.05) is 51.3 Å². The molecule has 0 bridgehead atoms. The standard InChI is InChI=1S/C22H30N4O2.HI/c1-3-23-22(24-13-12-18-8-7-11-20(28-2)21(18)27)26-16-14-25(15-17-26)19-9-5-4-6-10-19;/h4-11,27H,3,12-17H2,1-2H3,(H,23,24);1H. The number of hydrogen-bond acceptors (Lipinski definition) is 4. The van der Waals surface area contributed by atoms with Crippen molar-refractivity contribution in [2.24, 2.45) is 4.99 Å². The fourth-order valence-electron chi connectivity index (χ4n) is 3.46. The van der Waals surface area contributed by atoms with Crippen LogP contribution in [0.4, 0.5) is 5.69 Å². The van der Waals surface area contributed by atoms with Gasteiger partial charge in [0.2, 0.25) is 0 Å². The molecule has 1 heterocycles. The number of phenolic OH excluding ortho intramolecular Hbond substituents is 1. The van der Waals surface area contributed by atoms with Crippen LogP contribution in [0, 0.1) is 0 Å². The maximum absolute atomic E-state index is 10.2. The number of benzene rings is 2. The summed E-state index contributed by atoms with van der Waals surface area (Å²) in [7, 11) is 1.56. The third-order valence-corrected chi connectivity index (χ3v) is 4.98. The molecule has 0 atom stereocenters. The molecule has 0 saturated carbocycles. The van der Waals surface area contributed by atoms with Gasteiger partial charge in [-0.1, -0.05) is 30.3 Å². The maximum Gasteiger partial charge on any atom is 0.194 e. The largest absolute Gasteiger partial charge is 0.504 e. The highest BCUT2D eigenvalue weighted by atomic mass is 127. The number of nitrogens with one attached hydrogen (secondary N) is 1. The molecule has 0 radical (unpaired) electrons. The lowest BCUT2D eigenvalue weighted by atomic mass is 10.1. The number of phenols is 1. The summed E-state index contributed by atoms with van der Waals surface area (Å²) in [6.45, 7) is 7.36. The quantitative estimate of drug-likeness (QED) is 0.355. The number of ether oxygens (including phenoxy) is 1. The Morgan fingerprint density at radius 3 is 2.45 bits per heavy atom. The highest BCUT2D eigenvalue weighted by molar-refractivity contribution is 14.0. The lowest BCUT2D eigenvalue weighted by molar-refractivity contribution is 0.369. The molecule has 1 saturated heterocycles. The third-order valence-electron chi connectivity index (χ3n) is 4.98. The van der Waals surface area contributed by atoms with Crippen LogP contribution in [-0.2, 0) is 6.42 Å². The zero-order chi connectivity index (χ0) is 19.8. The van der Waals surface area contributed by atoms with Gasteiger partial charge in [-0.2, -0.15) is 0 Å². The number of guanidine groups is 1. The Balaban J connectivity index is 0.00000300. The van der Waals surface area contributed by atoms with Gasteiger partial charge in [0.05, 0.1) is 7.11 Å². The molecule has 0 spiro atoms. The van der Waals surface area contributed by atoms with E-state index in [0.717, 1.165) is 44.2 Å². The van der Waals surface area contributed by atoms with Gasteiger partial charge in [-0.3, -0.25) is 4.99 Å². The van der Waals surface area contributed by atoms with Crippen molar-refractivity contribution in [3.8, 4) is 11.5 Å². The van der Waals surface area contributed by atoms with Crippen LogP contribution in [0.1, 0.15) is 12.5 Å². The van der Waals surface area contributed by atoms with Gasteiger partial charge < -0.3 is 25.0 Å². The summed E-state index contributed by atoms with van der Waals surface area (Å²) >= 11 is 0. The fourth-order valence-corrected chi connectivity index (χ4v) is 3.46. The van der Waals surface area contributed by atoms with Crippen molar-refractivity contribution in [1.82, 2.24) is 10.2 Å². The van der Waals surface area contributed by atoms with Gasteiger partial charge in [-0.15, -0.1) is 24.0 Å². The molecule has 158 valence electrons. The van der Waals surface area contributed by atoms with Crippen LogP contribution >= 0.6 is 24.0 Å². The van der Waals surface area contributed by atoms with E-state index in [2.05, 4.69) is 52.4 Å². The zero-order valence-corrected chi connectivity index (χ0v) is 19.5. The summed E-state index contributed by atoms with van der Waals surface area (Å²) in [5.74, 6) is 1.66. The molecule has 2 N–H and O–H groups in total. The first kappa shape index (κ1) is 23.1. The zero-order valence-electron chi connectivity index (χ0n) is 17.2. The van der Waals surface area contributed by atoms with E-state index in [1.165, 1.54) is 5.69 Å². The van der Waals surface area contributed by atoms with Crippen molar-refractivity contribution in [2.45, 2.75) is 13.3 Å². The van der Waals surface area contributed by atoms with E-state index in [9.17, 15) is 5.11 Å². The predicted octanol–water partition coefficient (Wildman–Crippen LogP) is 3.35. The highest BCUT2D eigenvalue weighted by Crippen LogP contribution is 2.29. The van der Waals surface area contributed by atoms with E-state index in [-0.39, 0.29) is 29.7 Å². The molecule has 1 aliphatic rings. The van der Waals surface area contributed by atoms with E-state index in [1.54, 1.807) is 13.2 Å². The Hall–Kier alpha value is -2.16. The molecule has 0 unspecified atom stereocenters. The molecule has 29 heavy (non-hydrogen) atoms. The van der Waals surface area contributed by atoms with Gasteiger partial charge in [0.25, 0.3) is 0 Å². The van der Waals surface area contributed by atoms with E-state index in [4.69, 9.17) is 9.73 Å². The monoisotopic (exact) mass is 510 g/mol. The molecule has 1 fully saturated rings. The van der Waals surface area contributed by atoms with Crippen LogP contribution in [0.2, 0.25) is 0 Å². The number of halogens is 1. The minimum absolute atomic E-state index is 0. The van der Waals surface area contributed by atoms with Crippen LogP contribution in [-0.4, -0.2) is 62.3 Å². The maximum atomic E-state index is 10.2. The number of anilines is 1. The van der Waals surface area contributed by atoms with Crippen molar-refractivity contribution in [3.05, 3.63) is 54.1 Å². The normalized spacial score (nSPS) is 14.3. The summed E-state index contributed by atoms with van der Waals surface area (Å²) in [5.41, 5.74) is 2.13. The first-order valence-corrected chi connectivity index (χ1v) is 9.91. The minimum Gasteiger partial charge on any atom is -0.504 e. The summed E-state index contributed by atoms with van der Waals surface area (Å²) in [4.78, 5) is 9.51. The lowest BCUT2D eigenvalue weighted by Crippen LogP contribution is -2.52. The SMILES string of the molecule is CCNC(=NCCc1cccc(OC)c1O)N1CCN(c2ccccc2)CC1.I. The number of aliphatic imine (C=N–C) groups is 1. The van der Waals surface area contributed by atoms with Crippen molar-refractivity contribution in [3.63, 3.8) is 0 Å². The Morgan fingerprint density at radius 2 is 1.79 bits per heavy atom. The van der Waals surface area contributed by atoms with Gasteiger partial charge in [-0.05, 0) is 37.1 Å². The van der Waals surface area contributed by atoms with Crippen LogP contribution < -0.4 is 15.0 Å². The van der Waals surface area contributed by atoms with Gasteiger partial charge >= 0.3 is 0 Å². The summed E-state index contributed by atoms with van der Waals surface area (Å²) in [6, 6.07) is 16.1. The first-order chi connectivity index (χ1) is 13.7. The Labute approximate surface area is 190 Å². The minimum atomic E-state index is 0. The number of piperazine rings is 1. The van der Waals surface area contributed by atoms with Crippen LogP contribution in [0.15, 0.2) is 53.5 Å². The molecule has 3 rings (SSSR count). The van der Waals surface area contributed by atoms with Crippen molar-refractivity contribution < 1.29 is 9.84 Å². The Morgan fingerprint density at radius 1 is 1.07 bits per heavy atom. The molecule has 1 aliphatic heterocycles. The van der Waals surface area contributed by atoms with Crippen molar-refractivity contribution in [1.29, 1.82) is 0 Å². The smallest absolute Gasteiger partial charge is 0.194 e. The number of aromatic hydroxyl groups is 1. The predicted molar refractivity (Wildman–Crippen MR) is 130 cm³/mol. The van der Waals surface area contributed by atoms with E-state index < -0.39 is 0 Å². The summed E-state index contributed by atoms with van der Waals surface area (Å²) in [6.07, 6.45) is 0.669. The number of hydrogen-bond donors (Lipinski definition) is 2. The van der Waals surface area contributed by atoms with E-state index in [0.29, 0.717) is 18.7 Å². The molecule has 0 aliphatic carbocycles. The van der Waals surface area contributed by atoms with Crippen LogP contribution in [0.25, 0.3) is 0 Å². The molecule has 0 aromatic heterocycles. The Kier molecular flexibility index (Phi) is 9.37. The van der Waals surface area contributed by atoms with Gasteiger partial charge in [0.1, 0.15) is 0 Å². The first-order valence-electron chi connectivity index (χ1n) is 9.91. The van der Waals surface area contributed by atoms with Crippen molar-refractivity contribution >= 4 is 35.6 Å². The third kappa shape index (κ3) is 6.16. The summed E-state index contributed by atoms with van der Waals surface area (Å²) < 4.78 is 5.18. The topological polar surface area (TPSA) is 60.3 Å².